The Morgan fingerprint density at radius 2 is 1.69 bits per heavy atom. The number of hydrogen-bond acceptors (Lipinski definition) is 2. The number of halogens is 3. The number of alkyl halides is 3. The molecule has 0 fully saturated rings. The van der Waals surface area contributed by atoms with Gasteiger partial charge in [-0.05, 0) is 12.1 Å². The van der Waals surface area contributed by atoms with Crippen LogP contribution in [0.5, 0.6) is 0 Å². The lowest BCUT2D eigenvalue weighted by Gasteiger charge is -2.10. The first-order chi connectivity index (χ1) is 6.04. The predicted molar refractivity (Wildman–Crippen MR) is 53.5 cm³/mol. The van der Waals surface area contributed by atoms with Gasteiger partial charge in [-0.15, -0.1) is 0 Å². The van der Waals surface area contributed by atoms with E-state index in [9.17, 15) is 4.79 Å². The molecule has 0 saturated carbocycles. The largest absolute Gasteiger partial charge is 0.240 e. The molecule has 0 unspecified atom stereocenters. The molecule has 0 aliphatic heterocycles. The van der Waals surface area contributed by atoms with Crippen LogP contribution >= 0.6 is 34.8 Å². The van der Waals surface area contributed by atoms with E-state index >= 15 is 0 Å². The highest BCUT2D eigenvalue weighted by atomic mass is 35.6. The van der Waals surface area contributed by atoms with E-state index < -0.39 is 3.79 Å². The normalized spacial score (nSPS) is 10.7. The molecule has 1 aromatic rings. The molecule has 0 aromatic heterocycles. The van der Waals surface area contributed by atoms with Crippen LogP contribution in [-0.2, 0) is 8.59 Å². The highest BCUT2D eigenvalue weighted by Crippen LogP contribution is 2.38. The van der Waals surface area contributed by atoms with E-state index in [1.807, 2.05) is 0 Å². The minimum Gasteiger partial charge on any atom is -0.211 e. The van der Waals surface area contributed by atoms with Crippen molar-refractivity contribution in [2.45, 2.75) is 3.79 Å². The van der Waals surface area contributed by atoms with Crippen LogP contribution in [-0.4, -0.2) is 6.08 Å². The Kier molecular flexibility index (Phi) is 3.34. The quantitative estimate of drug-likeness (QED) is 0.417. The summed E-state index contributed by atoms with van der Waals surface area (Å²) in [4.78, 5) is 13.3. The van der Waals surface area contributed by atoms with Crippen LogP contribution < -0.4 is 0 Å². The Bertz CT molecular complexity index is 335. The van der Waals surface area contributed by atoms with Gasteiger partial charge < -0.3 is 0 Å². The average molecular weight is 236 g/mol. The van der Waals surface area contributed by atoms with Crippen LogP contribution in [0.3, 0.4) is 0 Å². The van der Waals surface area contributed by atoms with E-state index in [1.165, 1.54) is 6.08 Å². The number of nitrogens with zero attached hydrogens (tertiary/aromatic N) is 1. The average Bonchev–Trinajstić information content (AvgIpc) is 2.04. The fourth-order valence-corrected chi connectivity index (χ4v) is 1.16. The van der Waals surface area contributed by atoms with Gasteiger partial charge in [0.1, 0.15) is 0 Å². The molecular weight excluding hydrogens is 232 g/mol. The van der Waals surface area contributed by atoms with Gasteiger partial charge in [0.25, 0.3) is 0 Å². The highest BCUT2D eigenvalue weighted by molar-refractivity contribution is 6.66. The molecule has 0 bridgehead atoms. The van der Waals surface area contributed by atoms with Crippen molar-refractivity contribution in [2.24, 2.45) is 4.99 Å². The molecule has 1 aromatic carbocycles. The summed E-state index contributed by atoms with van der Waals surface area (Å²) in [7, 11) is 0. The SMILES string of the molecule is O=C=Nc1ccc(C(Cl)(Cl)Cl)cc1. The first kappa shape index (κ1) is 10.6. The maximum Gasteiger partial charge on any atom is 0.240 e. The molecule has 0 N–H and O–H groups in total. The first-order valence-corrected chi connectivity index (χ1v) is 4.42. The molecule has 5 heteroatoms. The van der Waals surface area contributed by atoms with Crippen molar-refractivity contribution in [3.05, 3.63) is 29.8 Å². The smallest absolute Gasteiger partial charge is 0.211 e. The molecule has 68 valence electrons. The molecule has 0 amide bonds. The number of carbonyl (C=O) groups excluding carboxylic acids is 1. The maximum absolute atomic E-state index is 9.89. The zero-order valence-electron chi connectivity index (χ0n) is 6.30. The molecule has 0 atom stereocenters. The van der Waals surface area contributed by atoms with Crippen LogP contribution in [0.1, 0.15) is 5.56 Å². The van der Waals surface area contributed by atoms with Crippen molar-refractivity contribution in [1.82, 2.24) is 0 Å². The van der Waals surface area contributed by atoms with Gasteiger partial charge in [0.05, 0.1) is 5.69 Å². The second-order valence-electron chi connectivity index (χ2n) is 2.25. The van der Waals surface area contributed by atoms with E-state index in [0.29, 0.717) is 11.3 Å². The lowest BCUT2D eigenvalue weighted by molar-refractivity contribution is 0.565. The van der Waals surface area contributed by atoms with Crippen molar-refractivity contribution in [3.63, 3.8) is 0 Å². The van der Waals surface area contributed by atoms with Gasteiger partial charge in [-0.1, -0.05) is 46.9 Å². The summed E-state index contributed by atoms with van der Waals surface area (Å²) >= 11 is 16.8. The minimum absolute atomic E-state index is 0.480. The number of hydrogen-bond donors (Lipinski definition) is 0. The van der Waals surface area contributed by atoms with Gasteiger partial charge in [0, 0.05) is 5.56 Å². The molecule has 0 spiro atoms. The topological polar surface area (TPSA) is 29.4 Å². The standard InChI is InChI=1S/C8H4Cl3NO/c9-8(10,11)6-1-3-7(4-2-6)12-5-13/h1-4H. The van der Waals surface area contributed by atoms with Crippen molar-refractivity contribution in [3.8, 4) is 0 Å². The second-order valence-corrected chi connectivity index (χ2v) is 4.53. The van der Waals surface area contributed by atoms with Crippen LogP contribution in [0.25, 0.3) is 0 Å². The highest BCUT2D eigenvalue weighted by Gasteiger charge is 2.21. The molecule has 13 heavy (non-hydrogen) atoms. The Balaban J connectivity index is 3.00. The molecular formula is C8H4Cl3NO. The number of aliphatic imine (C=N–C) groups is 1. The summed E-state index contributed by atoms with van der Waals surface area (Å²) in [6, 6.07) is 6.32. The minimum atomic E-state index is -1.44. The lowest BCUT2D eigenvalue weighted by atomic mass is 10.2. The van der Waals surface area contributed by atoms with Crippen molar-refractivity contribution < 1.29 is 4.79 Å². The van der Waals surface area contributed by atoms with E-state index in [-0.39, 0.29) is 0 Å². The molecule has 2 nitrogen and oxygen atoms in total. The Morgan fingerprint density at radius 3 is 2.08 bits per heavy atom. The lowest BCUT2D eigenvalue weighted by Crippen LogP contribution is -1.98. The number of isocyanates is 1. The second kappa shape index (κ2) is 4.12. The maximum atomic E-state index is 9.89. The molecule has 0 radical (unpaired) electrons. The summed E-state index contributed by atoms with van der Waals surface area (Å²) in [5, 5.41) is 0. The van der Waals surface area contributed by atoms with Crippen molar-refractivity contribution >= 4 is 46.6 Å². The van der Waals surface area contributed by atoms with Crippen LogP contribution in [0, 0.1) is 0 Å². The zero-order chi connectivity index (χ0) is 9.90. The summed E-state index contributed by atoms with van der Waals surface area (Å²) in [6.45, 7) is 0. The Hall–Kier alpha value is -0.530. The molecule has 0 aliphatic rings. The summed E-state index contributed by atoms with van der Waals surface area (Å²) in [5.74, 6) is 0. The molecule has 0 aliphatic carbocycles. The summed E-state index contributed by atoms with van der Waals surface area (Å²) in [6.07, 6.45) is 1.42. The van der Waals surface area contributed by atoms with Crippen LogP contribution in [0.2, 0.25) is 0 Å². The first-order valence-electron chi connectivity index (χ1n) is 3.29. The van der Waals surface area contributed by atoms with Gasteiger partial charge in [0.2, 0.25) is 9.87 Å². The van der Waals surface area contributed by atoms with Crippen molar-refractivity contribution in [2.75, 3.05) is 0 Å². The fourth-order valence-electron chi connectivity index (χ4n) is 0.778. The van der Waals surface area contributed by atoms with Crippen LogP contribution in [0.4, 0.5) is 5.69 Å². The summed E-state index contributed by atoms with van der Waals surface area (Å²) < 4.78 is -1.44. The van der Waals surface area contributed by atoms with Gasteiger partial charge in [-0.2, -0.15) is 4.99 Å². The third-order valence-electron chi connectivity index (χ3n) is 1.37. The molecule has 0 heterocycles. The van der Waals surface area contributed by atoms with E-state index in [4.69, 9.17) is 34.8 Å². The third-order valence-corrected chi connectivity index (χ3v) is 2.02. The fraction of sp³-hybridized carbons (Fsp3) is 0.125. The van der Waals surface area contributed by atoms with E-state index in [2.05, 4.69) is 4.99 Å². The third kappa shape index (κ3) is 3.02. The predicted octanol–water partition coefficient (Wildman–Crippen LogP) is 3.48. The van der Waals surface area contributed by atoms with Gasteiger partial charge in [-0.25, -0.2) is 4.79 Å². The van der Waals surface area contributed by atoms with Gasteiger partial charge in [-0.3, -0.25) is 0 Å². The van der Waals surface area contributed by atoms with E-state index in [1.54, 1.807) is 24.3 Å². The number of rotatable bonds is 1. The Labute approximate surface area is 90.1 Å². The van der Waals surface area contributed by atoms with Crippen LogP contribution in [0.15, 0.2) is 29.3 Å². The van der Waals surface area contributed by atoms with Crippen molar-refractivity contribution in [1.29, 1.82) is 0 Å². The van der Waals surface area contributed by atoms with Gasteiger partial charge >= 0.3 is 0 Å². The molecule has 0 saturated heterocycles. The summed E-state index contributed by atoms with van der Waals surface area (Å²) in [5.41, 5.74) is 1.01. The van der Waals surface area contributed by atoms with E-state index in [0.717, 1.165) is 0 Å². The Morgan fingerprint density at radius 1 is 1.15 bits per heavy atom. The monoisotopic (exact) mass is 235 g/mol. The number of benzene rings is 1. The van der Waals surface area contributed by atoms with Gasteiger partial charge in [0.15, 0.2) is 0 Å². The molecule has 1 rings (SSSR count). The zero-order valence-corrected chi connectivity index (χ0v) is 8.57.